The Morgan fingerprint density at radius 1 is 1.03 bits per heavy atom. The Labute approximate surface area is 183 Å². The van der Waals surface area contributed by atoms with E-state index < -0.39 is 0 Å². The maximum absolute atomic E-state index is 13.0. The molecule has 2 aromatic heterocycles. The van der Waals surface area contributed by atoms with Gasteiger partial charge in [0.2, 0.25) is 0 Å². The van der Waals surface area contributed by atoms with E-state index in [9.17, 15) is 9.18 Å². The van der Waals surface area contributed by atoms with Crippen LogP contribution >= 0.6 is 11.3 Å². The number of benzene rings is 2. The Bertz CT molecular complexity index is 1200. The summed E-state index contributed by atoms with van der Waals surface area (Å²) in [5, 5.41) is 0.633. The van der Waals surface area contributed by atoms with Crippen molar-refractivity contribution >= 4 is 23.5 Å². The lowest BCUT2D eigenvalue weighted by Gasteiger charge is -2.02. The highest BCUT2D eigenvalue weighted by atomic mass is 32.1. The zero-order valence-electron chi connectivity index (χ0n) is 16.8. The summed E-state index contributed by atoms with van der Waals surface area (Å²) in [5.41, 5.74) is 3.98. The van der Waals surface area contributed by atoms with Crippen LogP contribution in [0.1, 0.15) is 32.2 Å². The molecule has 1 amide bonds. The number of nitrogens with zero attached hydrogens (tertiary/aromatic N) is 4. The minimum atomic E-state index is -0.325. The summed E-state index contributed by atoms with van der Waals surface area (Å²) in [5.74, 6) is -0.566. The summed E-state index contributed by atoms with van der Waals surface area (Å²) < 4.78 is 13.0. The van der Waals surface area contributed by atoms with Crippen LogP contribution in [0.2, 0.25) is 0 Å². The lowest BCUT2D eigenvalue weighted by atomic mass is 10.1. The molecule has 0 unspecified atom stereocenters. The van der Waals surface area contributed by atoms with Gasteiger partial charge < -0.3 is 0 Å². The number of carbonyl (C=O) groups is 1. The Kier molecular flexibility index (Phi) is 6.33. The summed E-state index contributed by atoms with van der Waals surface area (Å²) in [6.45, 7) is 1.79. The maximum Gasteiger partial charge on any atom is 0.288 e. The number of hydrogen-bond donors (Lipinski definition) is 0. The van der Waals surface area contributed by atoms with Gasteiger partial charge in [-0.05, 0) is 43.0 Å². The van der Waals surface area contributed by atoms with Gasteiger partial charge >= 0.3 is 0 Å². The lowest BCUT2D eigenvalue weighted by molar-refractivity contribution is 0.101. The van der Waals surface area contributed by atoms with Gasteiger partial charge in [0, 0.05) is 12.4 Å². The molecule has 0 aliphatic heterocycles. The summed E-state index contributed by atoms with van der Waals surface area (Å²) in [7, 11) is 0. The molecule has 154 valence electrons. The van der Waals surface area contributed by atoms with Crippen LogP contribution in [0.25, 0.3) is 10.7 Å². The molecule has 7 heteroatoms. The van der Waals surface area contributed by atoms with Gasteiger partial charge in [-0.15, -0.1) is 11.3 Å². The SMILES string of the molecule is Cc1nc(-c2cnc(CCc3ccc(F)cc3)cn2)sc1C(=O)N=Cc1ccccc1. The summed E-state index contributed by atoms with van der Waals surface area (Å²) >= 11 is 1.26. The van der Waals surface area contributed by atoms with Crippen molar-refractivity contribution in [3.63, 3.8) is 0 Å². The highest BCUT2D eigenvalue weighted by Crippen LogP contribution is 2.27. The molecule has 0 fully saturated rings. The molecule has 0 radical (unpaired) electrons. The van der Waals surface area contributed by atoms with Gasteiger partial charge in [-0.3, -0.25) is 14.8 Å². The van der Waals surface area contributed by atoms with Gasteiger partial charge in [-0.25, -0.2) is 14.4 Å². The predicted molar refractivity (Wildman–Crippen MR) is 120 cm³/mol. The molecular weight excluding hydrogens is 411 g/mol. The second kappa shape index (κ2) is 9.49. The number of rotatable bonds is 6. The molecule has 2 heterocycles. The first-order valence-electron chi connectivity index (χ1n) is 9.75. The Hall–Kier alpha value is -3.58. The van der Waals surface area contributed by atoms with Gasteiger partial charge in [0.15, 0.2) is 0 Å². The van der Waals surface area contributed by atoms with Crippen molar-refractivity contribution in [2.24, 2.45) is 4.99 Å². The number of aryl methyl sites for hydroxylation is 3. The first-order valence-corrected chi connectivity index (χ1v) is 10.6. The molecule has 0 saturated heterocycles. The summed E-state index contributed by atoms with van der Waals surface area (Å²) in [6, 6.07) is 15.9. The van der Waals surface area contributed by atoms with E-state index in [1.54, 1.807) is 37.7 Å². The van der Waals surface area contributed by atoms with E-state index in [1.807, 2.05) is 30.3 Å². The third-order valence-corrected chi connectivity index (χ3v) is 5.80. The standard InChI is InChI=1S/C24H19FN4OS/c1-16-22(23(30)28-13-18-5-3-2-4-6-18)31-24(29-16)21-15-26-20(14-27-21)12-9-17-7-10-19(25)11-8-17/h2-8,10-11,13-15H,9,12H2,1H3. The largest absolute Gasteiger partial charge is 0.288 e. The number of aliphatic imine (C=N–C) groups is 1. The van der Waals surface area contributed by atoms with Gasteiger partial charge in [-0.2, -0.15) is 0 Å². The van der Waals surface area contributed by atoms with E-state index in [0.29, 0.717) is 27.7 Å². The van der Waals surface area contributed by atoms with Crippen LogP contribution in [0.3, 0.4) is 0 Å². The number of halogens is 1. The van der Waals surface area contributed by atoms with Crippen molar-refractivity contribution in [2.45, 2.75) is 19.8 Å². The molecular formula is C24H19FN4OS. The zero-order valence-corrected chi connectivity index (χ0v) is 17.6. The van der Waals surface area contributed by atoms with Gasteiger partial charge in [-0.1, -0.05) is 42.5 Å². The second-order valence-corrected chi connectivity index (χ2v) is 7.93. The molecule has 5 nitrogen and oxygen atoms in total. The van der Waals surface area contributed by atoms with Crippen molar-refractivity contribution in [1.82, 2.24) is 15.0 Å². The van der Waals surface area contributed by atoms with Crippen molar-refractivity contribution in [3.05, 3.63) is 100 Å². The number of carbonyl (C=O) groups excluding carboxylic acids is 1. The Balaban J connectivity index is 1.43. The van der Waals surface area contributed by atoms with Crippen LogP contribution in [0.4, 0.5) is 4.39 Å². The van der Waals surface area contributed by atoms with E-state index in [4.69, 9.17) is 0 Å². The van der Waals surface area contributed by atoms with E-state index >= 15 is 0 Å². The van der Waals surface area contributed by atoms with Gasteiger partial charge in [0.1, 0.15) is 21.4 Å². The van der Waals surface area contributed by atoms with Gasteiger partial charge in [0.25, 0.3) is 5.91 Å². The zero-order chi connectivity index (χ0) is 21.6. The molecule has 31 heavy (non-hydrogen) atoms. The first-order chi connectivity index (χ1) is 15.1. The predicted octanol–water partition coefficient (Wildman–Crippen LogP) is 5.09. The van der Waals surface area contributed by atoms with Crippen LogP contribution in [0.15, 0.2) is 72.0 Å². The molecule has 4 rings (SSSR count). The van der Waals surface area contributed by atoms with Gasteiger partial charge in [0.05, 0.1) is 17.6 Å². The highest BCUT2D eigenvalue weighted by Gasteiger charge is 2.16. The average molecular weight is 431 g/mol. The van der Waals surface area contributed by atoms with Crippen LogP contribution in [0, 0.1) is 12.7 Å². The van der Waals surface area contributed by atoms with E-state index in [2.05, 4.69) is 19.9 Å². The molecule has 0 N–H and O–H groups in total. The van der Waals surface area contributed by atoms with E-state index in [0.717, 1.165) is 23.2 Å². The van der Waals surface area contributed by atoms with Crippen molar-refractivity contribution in [2.75, 3.05) is 0 Å². The smallest absolute Gasteiger partial charge is 0.266 e. The molecule has 0 bridgehead atoms. The van der Waals surface area contributed by atoms with Crippen molar-refractivity contribution in [1.29, 1.82) is 0 Å². The van der Waals surface area contributed by atoms with E-state index in [1.165, 1.54) is 23.5 Å². The third-order valence-electron chi connectivity index (χ3n) is 4.63. The molecule has 0 aliphatic carbocycles. The quantitative estimate of drug-likeness (QED) is 0.400. The maximum atomic E-state index is 13.0. The summed E-state index contributed by atoms with van der Waals surface area (Å²) in [4.78, 5) is 30.4. The fourth-order valence-corrected chi connectivity index (χ4v) is 3.87. The first kappa shape index (κ1) is 20.7. The van der Waals surface area contributed by atoms with E-state index in [-0.39, 0.29) is 11.7 Å². The van der Waals surface area contributed by atoms with Crippen LogP contribution in [-0.2, 0) is 12.8 Å². The third kappa shape index (κ3) is 5.32. The molecule has 4 aromatic rings. The normalized spacial score (nSPS) is 11.2. The van der Waals surface area contributed by atoms with Crippen LogP contribution in [-0.4, -0.2) is 27.1 Å². The number of aromatic nitrogens is 3. The second-order valence-electron chi connectivity index (χ2n) is 6.93. The fourth-order valence-electron chi connectivity index (χ4n) is 2.95. The average Bonchev–Trinajstić information content (AvgIpc) is 3.20. The van der Waals surface area contributed by atoms with Crippen molar-refractivity contribution < 1.29 is 9.18 Å². The van der Waals surface area contributed by atoms with Crippen LogP contribution < -0.4 is 0 Å². The molecule has 2 aromatic carbocycles. The Morgan fingerprint density at radius 3 is 2.52 bits per heavy atom. The minimum Gasteiger partial charge on any atom is -0.266 e. The highest BCUT2D eigenvalue weighted by molar-refractivity contribution is 7.17. The molecule has 0 saturated carbocycles. The molecule has 0 atom stereocenters. The fraction of sp³-hybridized carbons (Fsp3) is 0.125. The van der Waals surface area contributed by atoms with Crippen molar-refractivity contribution in [3.8, 4) is 10.7 Å². The topological polar surface area (TPSA) is 68.1 Å². The number of thiazole rings is 1. The monoisotopic (exact) mass is 430 g/mol. The Morgan fingerprint density at radius 2 is 1.81 bits per heavy atom. The summed E-state index contributed by atoms with van der Waals surface area (Å²) in [6.07, 6.45) is 6.39. The molecule has 0 spiro atoms. The minimum absolute atomic E-state index is 0.241. The van der Waals surface area contributed by atoms with Crippen LogP contribution in [0.5, 0.6) is 0 Å². The molecule has 0 aliphatic rings. The lowest BCUT2D eigenvalue weighted by Crippen LogP contribution is -1.96. The number of amides is 1. The number of hydrogen-bond acceptors (Lipinski definition) is 5.